The summed E-state index contributed by atoms with van der Waals surface area (Å²) in [6.07, 6.45) is 0. The first kappa shape index (κ1) is 14.6. The molecule has 0 N–H and O–H groups in total. The lowest BCUT2D eigenvalue weighted by molar-refractivity contribution is -0.495. The molecule has 0 heterocycles. The minimum absolute atomic E-state index is 0.421. The second-order valence-corrected chi connectivity index (χ2v) is 4.85. The first-order valence-corrected chi connectivity index (χ1v) is 7.17. The van der Waals surface area contributed by atoms with Gasteiger partial charge in [-0.2, -0.15) is 5.01 Å². The fraction of sp³-hybridized carbons (Fsp3) is 0. The third-order valence-electron chi connectivity index (χ3n) is 3.33. The van der Waals surface area contributed by atoms with E-state index in [2.05, 4.69) is 0 Å². The van der Waals surface area contributed by atoms with Gasteiger partial charge in [-0.15, -0.1) is 0 Å². The molecule has 23 heavy (non-hydrogen) atoms. The van der Waals surface area contributed by atoms with Crippen molar-refractivity contribution < 1.29 is 5.03 Å². The third kappa shape index (κ3) is 3.13. The van der Waals surface area contributed by atoms with Crippen molar-refractivity contribution in [1.82, 2.24) is 0 Å². The minimum atomic E-state index is -0.421. The van der Waals surface area contributed by atoms with E-state index >= 15 is 0 Å². The molecule has 0 unspecified atom stereocenters. The molecule has 0 saturated carbocycles. The molecule has 3 rings (SSSR count). The van der Waals surface area contributed by atoms with Gasteiger partial charge in [0.15, 0.2) is 5.03 Å². The fourth-order valence-corrected chi connectivity index (χ4v) is 2.35. The molecule has 0 aromatic heterocycles. The molecule has 0 fully saturated rings. The molecule has 0 bridgehead atoms. The highest BCUT2D eigenvalue weighted by atomic mass is 16.7. The molecule has 5 nitrogen and oxygen atoms in total. The van der Waals surface area contributed by atoms with Crippen LogP contribution in [0.4, 0.5) is 17.1 Å². The number of rotatable bonds is 5. The van der Waals surface area contributed by atoms with Crippen LogP contribution >= 0.6 is 0 Å². The lowest BCUT2D eigenvalue weighted by Crippen LogP contribution is -2.44. The second kappa shape index (κ2) is 6.62. The van der Waals surface area contributed by atoms with Crippen molar-refractivity contribution in [3.8, 4) is 0 Å². The number of nitrogens with zero attached hydrogens (tertiary/aromatic N) is 3. The third-order valence-corrected chi connectivity index (χ3v) is 3.33. The number of anilines is 3. The molecule has 0 aliphatic rings. The van der Waals surface area contributed by atoms with E-state index < -0.39 is 5.03 Å². The van der Waals surface area contributed by atoms with E-state index in [1.54, 1.807) is 29.3 Å². The Kier molecular flexibility index (Phi) is 4.20. The maximum absolute atomic E-state index is 11.8. The zero-order chi connectivity index (χ0) is 16.1. The lowest BCUT2D eigenvalue weighted by atomic mass is 10.2. The van der Waals surface area contributed by atoms with Gasteiger partial charge >= 0.3 is 0 Å². The molecular weight excluding hydrogens is 290 g/mol. The molecule has 0 aliphatic heterocycles. The van der Waals surface area contributed by atoms with E-state index in [-0.39, 0.29) is 0 Å². The smallest absolute Gasteiger partial charge is 0.186 e. The van der Waals surface area contributed by atoms with Gasteiger partial charge in [0.25, 0.3) is 0 Å². The van der Waals surface area contributed by atoms with Crippen molar-refractivity contribution in [3.05, 3.63) is 101 Å². The molecule has 0 saturated heterocycles. The molecule has 5 heteroatoms. The molecule has 0 atom stereocenters. The second-order valence-electron chi connectivity index (χ2n) is 4.85. The summed E-state index contributed by atoms with van der Waals surface area (Å²) in [6, 6.07) is 27.3. The van der Waals surface area contributed by atoms with Crippen molar-refractivity contribution in [2.45, 2.75) is 0 Å². The topological polar surface area (TPSA) is 49.6 Å². The number of hydrogen-bond acceptors (Lipinski definition) is 3. The fourth-order valence-electron chi connectivity index (χ4n) is 2.35. The summed E-state index contributed by atoms with van der Waals surface area (Å²) in [5, 5.41) is 14.0. The highest BCUT2D eigenvalue weighted by Gasteiger charge is 2.28. The molecule has 0 radical (unpaired) electrons. The van der Waals surface area contributed by atoms with Crippen LogP contribution in [-0.2, 0) is 0 Å². The Balaban J connectivity index is 2.15. The number of benzene rings is 3. The molecule has 3 aromatic rings. The number of nitro groups is 1. The Morgan fingerprint density at radius 1 is 0.609 bits per heavy atom. The van der Waals surface area contributed by atoms with Crippen LogP contribution in [0.15, 0.2) is 91.0 Å². The van der Waals surface area contributed by atoms with Crippen molar-refractivity contribution in [2.75, 3.05) is 10.1 Å². The average Bonchev–Trinajstić information content (AvgIpc) is 2.61. The Hall–Kier alpha value is -3.34. The summed E-state index contributed by atoms with van der Waals surface area (Å²) in [4.78, 5) is 11.8. The van der Waals surface area contributed by atoms with Crippen LogP contribution in [0, 0.1) is 10.1 Å². The Labute approximate surface area is 134 Å². The van der Waals surface area contributed by atoms with Crippen LogP contribution < -0.4 is 10.1 Å². The van der Waals surface area contributed by atoms with Gasteiger partial charge < -0.3 is 0 Å². The first-order valence-electron chi connectivity index (χ1n) is 7.17. The quantitative estimate of drug-likeness (QED) is 0.516. The predicted octanol–water partition coefficient (Wildman–Crippen LogP) is 4.44. The van der Waals surface area contributed by atoms with Gasteiger partial charge in [-0.1, -0.05) is 54.6 Å². The highest BCUT2D eigenvalue weighted by molar-refractivity contribution is 5.68. The van der Waals surface area contributed by atoms with Gasteiger partial charge in [0.05, 0.1) is 11.4 Å². The maximum atomic E-state index is 11.8. The average molecular weight is 305 g/mol. The summed E-state index contributed by atoms with van der Waals surface area (Å²) in [7, 11) is 0. The van der Waals surface area contributed by atoms with E-state index in [0.29, 0.717) is 17.1 Å². The molecule has 0 aliphatic carbocycles. The van der Waals surface area contributed by atoms with Gasteiger partial charge in [-0.3, -0.25) is 0 Å². The lowest BCUT2D eigenvalue weighted by Gasteiger charge is -2.29. The van der Waals surface area contributed by atoms with Gasteiger partial charge in [-0.05, 0) is 36.4 Å². The molecule has 114 valence electrons. The Morgan fingerprint density at radius 2 is 0.957 bits per heavy atom. The van der Waals surface area contributed by atoms with E-state index in [0.717, 1.165) is 5.12 Å². The van der Waals surface area contributed by atoms with Crippen LogP contribution in [0.1, 0.15) is 0 Å². The minimum Gasteiger partial charge on any atom is -0.233 e. The van der Waals surface area contributed by atoms with Crippen molar-refractivity contribution in [3.63, 3.8) is 0 Å². The zero-order valence-corrected chi connectivity index (χ0v) is 12.3. The van der Waals surface area contributed by atoms with Crippen molar-refractivity contribution >= 4 is 17.1 Å². The normalized spacial score (nSPS) is 10.1. The summed E-state index contributed by atoms with van der Waals surface area (Å²) >= 11 is 0. The Morgan fingerprint density at radius 3 is 1.30 bits per heavy atom. The Bertz CT molecular complexity index is 725. The number of hydrazine groups is 2. The molecule has 0 amide bonds. The van der Waals surface area contributed by atoms with Crippen LogP contribution in [0.2, 0.25) is 0 Å². The maximum Gasteiger partial charge on any atom is 0.186 e. The summed E-state index contributed by atoms with van der Waals surface area (Å²) in [6.45, 7) is 0. The van der Waals surface area contributed by atoms with Gasteiger partial charge in [0.1, 0.15) is 5.69 Å². The van der Waals surface area contributed by atoms with E-state index in [9.17, 15) is 10.1 Å². The molecule has 3 aromatic carbocycles. The highest BCUT2D eigenvalue weighted by Crippen LogP contribution is 2.30. The number of hydrogen-bond donors (Lipinski definition) is 0. The van der Waals surface area contributed by atoms with Gasteiger partial charge in [-0.25, -0.2) is 10.1 Å². The predicted molar refractivity (Wildman–Crippen MR) is 90.9 cm³/mol. The van der Waals surface area contributed by atoms with E-state index in [1.165, 1.54) is 0 Å². The van der Waals surface area contributed by atoms with Crippen molar-refractivity contribution in [2.24, 2.45) is 0 Å². The molecule has 0 spiro atoms. The summed E-state index contributed by atoms with van der Waals surface area (Å²) < 4.78 is 0. The number of para-hydroxylation sites is 3. The van der Waals surface area contributed by atoms with E-state index in [1.807, 2.05) is 66.7 Å². The summed E-state index contributed by atoms with van der Waals surface area (Å²) in [5.74, 6) is 0. The van der Waals surface area contributed by atoms with Crippen LogP contribution in [0.25, 0.3) is 0 Å². The summed E-state index contributed by atoms with van der Waals surface area (Å²) in [5.41, 5.74) is 1.89. The SMILES string of the molecule is O=[N+]([O-])N(c1ccccc1)N(c1ccccc1)c1ccccc1. The van der Waals surface area contributed by atoms with Gasteiger partial charge in [0, 0.05) is 5.12 Å². The standard InChI is InChI=1S/C18H15N3O2/c22-21(23)20(18-14-8-3-9-15-18)19(16-10-4-1-5-11-16)17-12-6-2-7-13-17/h1-15H. The van der Waals surface area contributed by atoms with Crippen LogP contribution in [-0.4, -0.2) is 5.03 Å². The van der Waals surface area contributed by atoms with Crippen LogP contribution in [0.5, 0.6) is 0 Å². The van der Waals surface area contributed by atoms with Crippen molar-refractivity contribution in [1.29, 1.82) is 0 Å². The van der Waals surface area contributed by atoms with E-state index in [4.69, 9.17) is 0 Å². The monoisotopic (exact) mass is 305 g/mol. The first-order chi connectivity index (χ1) is 11.3. The zero-order valence-electron chi connectivity index (χ0n) is 12.3. The molecular formula is C18H15N3O2. The largest absolute Gasteiger partial charge is 0.233 e. The van der Waals surface area contributed by atoms with Gasteiger partial charge in [0.2, 0.25) is 0 Å². The van der Waals surface area contributed by atoms with Crippen LogP contribution in [0.3, 0.4) is 0 Å².